The molecule has 0 saturated heterocycles. The fraction of sp³-hybridized carbons (Fsp3) is 0.467. The van der Waals surface area contributed by atoms with E-state index in [9.17, 15) is 9.18 Å². The van der Waals surface area contributed by atoms with Crippen molar-refractivity contribution in [2.75, 3.05) is 5.32 Å². The second-order valence-electron chi connectivity index (χ2n) is 5.92. The Morgan fingerprint density at radius 3 is 2.65 bits per heavy atom. The van der Waals surface area contributed by atoms with Crippen molar-refractivity contribution in [1.82, 2.24) is 20.2 Å². The number of aromatic nitrogens is 4. The molecule has 1 N–H and O–H groups in total. The number of nitrogens with zero attached hydrogens (tertiary/aromatic N) is 4. The first-order valence-electron chi connectivity index (χ1n) is 7.55. The molecule has 8 heteroatoms. The normalized spacial score (nSPS) is 15.7. The van der Waals surface area contributed by atoms with Crippen LogP contribution in [0, 0.1) is 11.7 Å². The summed E-state index contributed by atoms with van der Waals surface area (Å²) in [4.78, 5) is 12.6. The van der Waals surface area contributed by atoms with Crippen molar-refractivity contribution in [3.8, 4) is 0 Å². The van der Waals surface area contributed by atoms with Gasteiger partial charge in [0.1, 0.15) is 5.82 Å². The largest absolute Gasteiger partial charge is 0.325 e. The highest BCUT2D eigenvalue weighted by molar-refractivity contribution is 8.00. The molecule has 1 fully saturated rings. The summed E-state index contributed by atoms with van der Waals surface area (Å²) in [5.74, 6) is -0.367. The topological polar surface area (TPSA) is 72.7 Å². The summed E-state index contributed by atoms with van der Waals surface area (Å²) in [5, 5.41) is 14.9. The van der Waals surface area contributed by atoms with Gasteiger partial charge in [-0.25, -0.2) is 9.07 Å². The lowest BCUT2D eigenvalue weighted by atomic mass is 10.1. The van der Waals surface area contributed by atoms with Crippen LogP contribution in [-0.2, 0) is 4.79 Å². The minimum absolute atomic E-state index is 0.102. The van der Waals surface area contributed by atoms with E-state index in [0.29, 0.717) is 16.9 Å². The molecule has 1 aromatic carbocycles. The van der Waals surface area contributed by atoms with Gasteiger partial charge in [-0.05, 0) is 53.5 Å². The van der Waals surface area contributed by atoms with Crippen LogP contribution in [0.3, 0.4) is 0 Å². The zero-order valence-corrected chi connectivity index (χ0v) is 13.8. The van der Waals surface area contributed by atoms with Gasteiger partial charge < -0.3 is 5.32 Å². The molecule has 122 valence electrons. The number of hydrogen-bond donors (Lipinski definition) is 1. The Hall–Kier alpha value is -1.96. The van der Waals surface area contributed by atoms with Crippen molar-refractivity contribution < 1.29 is 9.18 Å². The molecule has 1 atom stereocenters. The number of thioether (sulfide) groups is 1. The van der Waals surface area contributed by atoms with E-state index in [1.54, 1.807) is 16.8 Å². The number of hydrogen-bond acceptors (Lipinski definition) is 5. The van der Waals surface area contributed by atoms with E-state index in [0.717, 1.165) is 12.8 Å². The molecule has 23 heavy (non-hydrogen) atoms. The first-order valence-corrected chi connectivity index (χ1v) is 8.43. The zero-order valence-electron chi connectivity index (χ0n) is 12.9. The van der Waals surface area contributed by atoms with E-state index >= 15 is 0 Å². The molecule has 1 heterocycles. The lowest BCUT2D eigenvalue weighted by molar-refractivity contribution is -0.116. The van der Waals surface area contributed by atoms with Crippen molar-refractivity contribution >= 4 is 23.4 Å². The molecule has 1 aromatic heterocycles. The molecule has 1 aliphatic rings. The van der Waals surface area contributed by atoms with Gasteiger partial charge in [-0.2, -0.15) is 0 Å². The Morgan fingerprint density at radius 1 is 1.35 bits per heavy atom. The molecule has 0 bridgehead atoms. The standard InChI is InChI=1S/C15H18FN5OS/c1-9(2)13(14(22)17-11-5-3-10(16)4-6-11)23-15-18-19-20-21(15)12-7-8-12/h3-6,9,12-13H,7-8H2,1-2H3,(H,17,22)/t13-/m1/s1. The van der Waals surface area contributed by atoms with Crippen molar-refractivity contribution in [2.45, 2.75) is 43.1 Å². The summed E-state index contributed by atoms with van der Waals surface area (Å²) in [6.07, 6.45) is 2.15. The van der Waals surface area contributed by atoms with E-state index in [2.05, 4.69) is 20.8 Å². The molecular formula is C15H18FN5OS. The number of tetrazole rings is 1. The van der Waals surface area contributed by atoms with Crippen molar-refractivity contribution in [1.29, 1.82) is 0 Å². The minimum atomic E-state index is -0.332. The third kappa shape index (κ3) is 3.87. The highest BCUT2D eigenvalue weighted by atomic mass is 32.2. The third-order valence-electron chi connectivity index (χ3n) is 3.56. The smallest absolute Gasteiger partial charge is 0.238 e. The lowest BCUT2D eigenvalue weighted by Crippen LogP contribution is -2.30. The Bertz CT molecular complexity index is 683. The molecule has 0 unspecified atom stereocenters. The van der Waals surface area contributed by atoms with Gasteiger partial charge in [-0.15, -0.1) is 5.10 Å². The van der Waals surface area contributed by atoms with E-state index in [4.69, 9.17) is 0 Å². The summed E-state index contributed by atoms with van der Waals surface area (Å²) in [5.41, 5.74) is 0.574. The number of halogens is 1. The van der Waals surface area contributed by atoms with Crippen molar-refractivity contribution in [3.63, 3.8) is 0 Å². The van der Waals surface area contributed by atoms with Gasteiger partial charge in [-0.3, -0.25) is 4.79 Å². The summed E-state index contributed by atoms with van der Waals surface area (Å²) >= 11 is 1.37. The van der Waals surface area contributed by atoms with Crippen LogP contribution in [0.15, 0.2) is 29.4 Å². The van der Waals surface area contributed by atoms with Crippen LogP contribution >= 0.6 is 11.8 Å². The van der Waals surface area contributed by atoms with Crippen LogP contribution in [-0.4, -0.2) is 31.4 Å². The molecule has 1 aliphatic carbocycles. The van der Waals surface area contributed by atoms with Crippen LogP contribution < -0.4 is 5.32 Å². The third-order valence-corrected chi connectivity index (χ3v) is 5.06. The van der Waals surface area contributed by atoms with Crippen LogP contribution in [0.25, 0.3) is 0 Å². The Morgan fingerprint density at radius 2 is 2.04 bits per heavy atom. The molecular weight excluding hydrogens is 317 g/mol. The van der Waals surface area contributed by atoms with Crippen LogP contribution in [0.4, 0.5) is 10.1 Å². The molecule has 2 aromatic rings. The monoisotopic (exact) mass is 335 g/mol. The summed E-state index contributed by atoms with van der Waals surface area (Å²) in [7, 11) is 0. The quantitative estimate of drug-likeness (QED) is 0.822. The van der Waals surface area contributed by atoms with Gasteiger partial charge in [0.15, 0.2) is 0 Å². The number of anilines is 1. The van der Waals surface area contributed by atoms with Crippen LogP contribution in [0.1, 0.15) is 32.7 Å². The van der Waals surface area contributed by atoms with E-state index < -0.39 is 0 Å². The average Bonchev–Trinajstić information content (AvgIpc) is 3.25. The van der Waals surface area contributed by atoms with Crippen LogP contribution in [0.5, 0.6) is 0 Å². The average molecular weight is 335 g/mol. The molecule has 1 amide bonds. The summed E-state index contributed by atoms with van der Waals surface area (Å²) in [6.45, 7) is 3.96. The van der Waals surface area contributed by atoms with Gasteiger partial charge in [0.05, 0.1) is 11.3 Å². The highest BCUT2D eigenvalue weighted by Gasteiger charge is 2.31. The maximum absolute atomic E-state index is 12.9. The number of nitrogens with one attached hydrogen (secondary N) is 1. The Balaban J connectivity index is 1.71. The van der Waals surface area contributed by atoms with Crippen molar-refractivity contribution in [3.05, 3.63) is 30.1 Å². The number of rotatable bonds is 6. The number of amides is 1. The molecule has 3 rings (SSSR count). The molecule has 0 spiro atoms. The minimum Gasteiger partial charge on any atom is -0.325 e. The van der Waals surface area contributed by atoms with E-state index in [1.165, 1.54) is 23.9 Å². The van der Waals surface area contributed by atoms with E-state index in [1.807, 2.05) is 13.8 Å². The second-order valence-corrected chi connectivity index (χ2v) is 7.02. The summed E-state index contributed by atoms with van der Waals surface area (Å²) in [6, 6.07) is 6.09. The molecule has 6 nitrogen and oxygen atoms in total. The van der Waals surface area contributed by atoms with Crippen molar-refractivity contribution in [2.24, 2.45) is 5.92 Å². The number of carbonyl (C=O) groups excluding carboxylic acids is 1. The first-order chi connectivity index (χ1) is 11.0. The SMILES string of the molecule is CC(C)[C@@H](Sc1nnnn1C1CC1)C(=O)Nc1ccc(F)cc1. The predicted molar refractivity (Wildman–Crippen MR) is 85.6 cm³/mol. The maximum atomic E-state index is 12.9. The molecule has 0 radical (unpaired) electrons. The van der Waals surface area contributed by atoms with Gasteiger partial charge in [-0.1, -0.05) is 25.6 Å². The van der Waals surface area contributed by atoms with E-state index in [-0.39, 0.29) is 22.9 Å². The van der Waals surface area contributed by atoms with Crippen LogP contribution in [0.2, 0.25) is 0 Å². The number of carbonyl (C=O) groups is 1. The fourth-order valence-electron chi connectivity index (χ4n) is 2.16. The molecule has 0 aliphatic heterocycles. The van der Waals surface area contributed by atoms with Gasteiger partial charge in [0, 0.05) is 5.69 Å². The highest BCUT2D eigenvalue weighted by Crippen LogP contribution is 2.38. The Labute approximate surface area is 137 Å². The zero-order chi connectivity index (χ0) is 16.4. The maximum Gasteiger partial charge on any atom is 0.238 e. The molecule has 1 saturated carbocycles. The van der Waals surface area contributed by atoms with Gasteiger partial charge in [0.2, 0.25) is 11.1 Å². The first kappa shape index (κ1) is 15.9. The lowest BCUT2D eigenvalue weighted by Gasteiger charge is -2.19. The van der Waals surface area contributed by atoms with Gasteiger partial charge in [0.25, 0.3) is 0 Å². The number of benzene rings is 1. The predicted octanol–water partition coefficient (Wildman–Crippen LogP) is 2.90. The Kier molecular flexibility index (Phi) is 4.61. The summed E-state index contributed by atoms with van der Waals surface area (Å²) < 4.78 is 14.7. The second kappa shape index (κ2) is 6.66. The fourth-order valence-corrected chi connectivity index (χ4v) is 3.21. The van der Waals surface area contributed by atoms with Gasteiger partial charge >= 0.3 is 0 Å².